The van der Waals surface area contributed by atoms with Crippen LogP contribution < -0.4 is 0 Å². The van der Waals surface area contributed by atoms with Crippen LogP contribution in [0.25, 0.3) is 0 Å². The van der Waals surface area contributed by atoms with E-state index < -0.39 is 6.16 Å². The smallest absolute Gasteiger partial charge is 0.275 e. The topological polar surface area (TPSA) is 73.8 Å². The first-order valence-corrected chi connectivity index (χ1v) is 5.84. The molecule has 0 radical (unpaired) electrons. The maximum atomic E-state index is 4.67. The molecule has 0 fully saturated rings. The van der Waals surface area contributed by atoms with Crippen molar-refractivity contribution in [3.8, 4) is 11.7 Å². The highest BCUT2D eigenvalue weighted by Gasteiger charge is 2.44. The Bertz CT molecular complexity index is 229. The molecule has 0 aromatic heterocycles. The van der Waals surface area contributed by atoms with Crippen LogP contribution >= 0.6 is 0 Å². The van der Waals surface area contributed by atoms with E-state index in [0.29, 0.717) is 10.2 Å². The third-order valence-corrected chi connectivity index (χ3v) is 1.23. The quantitative estimate of drug-likeness (QED) is 0.170. The highest BCUT2D eigenvalue weighted by Crippen LogP contribution is 2.19. The van der Waals surface area contributed by atoms with Crippen molar-refractivity contribution < 1.29 is 39.1 Å². The fourth-order valence-electron chi connectivity index (χ4n) is 0.561. The minimum Gasteiger partial charge on any atom is -0.275 e. The average Bonchev–Trinajstić information content (AvgIpc) is 2.34. The van der Waals surface area contributed by atoms with Crippen LogP contribution in [0.2, 0.25) is 0 Å². The van der Waals surface area contributed by atoms with E-state index in [1.165, 1.54) is 7.11 Å². The summed E-state index contributed by atoms with van der Waals surface area (Å²) in [7, 11) is 1.83. The van der Waals surface area contributed by atoms with E-state index in [2.05, 4.69) is 50.8 Å². The summed E-state index contributed by atoms with van der Waals surface area (Å²) in [5.74, 6) is 0. The predicted octanol–water partition coefficient (Wildman–Crippen LogP) is -0.656. The first kappa shape index (κ1) is 16.3. The average molecular weight is 268 g/mol. The molecule has 0 saturated heterocycles. The van der Waals surface area contributed by atoms with Gasteiger partial charge in [-0.25, -0.2) is 14.7 Å². The molecule has 9 heteroatoms. The molecule has 0 N–H and O–H groups in total. The summed E-state index contributed by atoms with van der Waals surface area (Å²) < 4.78 is 0. The lowest BCUT2D eigenvalue weighted by Crippen LogP contribution is -2.42. The third-order valence-electron chi connectivity index (χ3n) is 1.03. The molecular weight excluding hydrogens is 252 g/mol. The summed E-state index contributed by atoms with van der Waals surface area (Å²) in [6.07, 6.45) is -0.0740. The molecule has 0 aliphatic heterocycles. The Labute approximate surface area is 102 Å². The maximum Gasteiger partial charge on any atom is 0.529 e. The molecule has 0 spiro atoms. The fourth-order valence-corrected chi connectivity index (χ4v) is 0.644. The minimum absolute atomic E-state index is 0.208. The van der Waals surface area contributed by atoms with E-state index in [-0.39, 0.29) is 13.2 Å². The lowest BCUT2D eigenvalue weighted by atomic mass is 10.9. The van der Waals surface area contributed by atoms with Crippen LogP contribution in [0.3, 0.4) is 0 Å². The first-order chi connectivity index (χ1) is 8.24. The van der Waals surface area contributed by atoms with Gasteiger partial charge in [-0.1, -0.05) is 10.4 Å². The second-order valence-corrected chi connectivity index (χ2v) is 2.75. The van der Waals surface area contributed by atoms with Crippen molar-refractivity contribution in [2.45, 2.75) is 20.0 Å². The normalized spacial score (nSPS) is 11.0. The van der Waals surface area contributed by atoms with Gasteiger partial charge in [-0.05, 0) is 13.8 Å². The van der Waals surface area contributed by atoms with Crippen molar-refractivity contribution in [1.82, 2.24) is 0 Å². The van der Waals surface area contributed by atoms with E-state index in [9.17, 15) is 0 Å². The summed E-state index contributed by atoms with van der Waals surface area (Å²) in [5, 5.41) is 0. The number of hydrogen-bond donors (Lipinski definition) is 0. The van der Waals surface area contributed by atoms with Crippen LogP contribution in [-0.2, 0) is 39.1 Å². The van der Waals surface area contributed by atoms with Gasteiger partial charge in [0.05, 0.1) is 30.6 Å². The van der Waals surface area contributed by atoms with Gasteiger partial charge in [0, 0.05) is 0 Å². The van der Waals surface area contributed by atoms with Crippen molar-refractivity contribution in [3.63, 3.8) is 0 Å². The molecule has 0 aromatic rings. The monoisotopic (exact) mass is 268 g/mol. The molecule has 0 heterocycles. The molecule has 0 saturated carbocycles. The number of hydrogen-bond acceptors (Lipinski definition) is 8. The molecule has 0 rings (SSSR count). The van der Waals surface area contributed by atoms with Crippen molar-refractivity contribution in [3.05, 3.63) is 0 Å². The third kappa shape index (κ3) is 7.26. The van der Waals surface area contributed by atoms with Crippen molar-refractivity contribution in [2.24, 2.45) is 0 Å². The van der Waals surface area contributed by atoms with Crippen molar-refractivity contribution in [2.75, 3.05) is 20.3 Å². The SMILES string of the molecule is CCOOC(OOC)(OOC#C[SiH3])OOCC. The summed E-state index contributed by atoms with van der Waals surface area (Å²) in [6, 6.07) is 0. The van der Waals surface area contributed by atoms with Crippen LogP contribution in [-0.4, -0.2) is 36.7 Å². The van der Waals surface area contributed by atoms with Crippen molar-refractivity contribution >= 4 is 10.2 Å². The van der Waals surface area contributed by atoms with E-state index in [0.717, 1.165) is 0 Å². The molecule has 0 amide bonds. The molecule has 0 unspecified atom stereocenters. The van der Waals surface area contributed by atoms with E-state index >= 15 is 0 Å². The molecule has 100 valence electrons. The van der Waals surface area contributed by atoms with Gasteiger partial charge in [-0.2, -0.15) is 0 Å². The van der Waals surface area contributed by atoms with Gasteiger partial charge in [0.15, 0.2) is 0 Å². The molecule has 17 heavy (non-hydrogen) atoms. The molecule has 0 aliphatic rings. The Morgan fingerprint density at radius 1 is 1.00 bits per heavy atom. The molecule has 0 bridgehead atoms. The highest BCUT2D eigenvalue weighted by atomic mass is 28.1. The standard InChI is InChI=1S/C8H16O8Si/c1-4-10-14-8(13-9-3,15-11-5-2)16-12-6-7-17/h4-5H2,1-3,17H3. The van der Waals surface area contributed by atoms with Gasteiger partial charge in [-0.15, -0.1) is 14.7 Å². The highest BCUT2D eigenvalue weighted by molar-refractivity contribution is 6.22. The Morgan fingerprint density at radius 3 is 2.00 bits per heavy atom. The Balaban J connectivity index is 4.46. The minimum atomic E-state index is -2.27. The molecular formula is C8H16O8Si. The lowest BCUT2D eigenvalue weighted by Gasteiger charge is -2.23. The van der Waals surface area contributed by atoms with Crippen molar-refractivity contribution in [1.29, 1.82) is 0 Å². The largest absolute Gasteiger partial charge is 0.529 e. The van der Waals surface area contributed by atoms with Crippen LogP contribution in [0.15, 0.2) is 0 Å². The second kappa shape index (κ2) is 10.5. The summed E-state index contributed by atoms with van der Waals surface area (Å²) in [5.41, 5.74) is 2.55. The zero-order chi connectivity index (χ0) is 13.0. The summed E-state index contributed by atoms with van der Waals surface area (Å²) in [4.78, 5) is 36.6. The first-order valence-electron chi connectivity index (χ1n) is 4.84. The van der Waals surface area contributed by atoms with Crippen LogP contribution in [0.1, 0.15) is 13.8 Å². The summed E-state index contributed by atoms with van der Waals surface area (Å²) >= 11 is 0. The van der Waals surface area contributed by atoms with Crippen LogP contribution in [0.5, 0.6) is 0 Å². The maximum absolute atomic E-state index is 4.67. The van der Waals surface area contributed by atoms with Crippen LogP contribution in [0, 0.1) is 11.7 Å². The summed E-state index contributed by atoms with van der Waals surface area (Å²) in [6.45, 7) is 3.77. The zero-order valence-electron chi connectivity index (χ0n) is 10.2. The zero-order valence-corrected chi connectivity index (χ0v) is 12.2. The van der Waals surface area contributed by atoms with Gasteiger partial charge in [0.25, 0.3) is 0 Å². The Morgan fingerprint density at radius 2 is 1.59 bits per heavy atom. The lowest BCUT2D eigenvalue weighted by molar-refractivity contribution is -0.726. The fraction of sp³-hybridized carbons (Fsp3) is 0.750. The van der Waals surface area contributed by atoms with Gasteiger partial charge >= 0.3 is 6.16 Å². The molecule has 0 aromatic carbocycles. The number of rotatable bonds is 10. The van der Waals surface area contributed by atoms with Gasteiger partial charge < -0.3 is 0 Å². The van der Waals surface area contributed by atoms with E-state index in [1.54, 1.807) is 13.8 Å². The van der Waals surface area contributed by atoms with Gasteiger partial charge in [0.1, 0.15) is 6.11 Å². The predicted molar refractivity (Wildman–Crippen MR) is 56.1 cm³/mol. The molecule has 0 atom stereocenters. The molecule has 8 nitrogen and oxygen atoms in total. The second-order valence-electron chi connectivity index (χ2n) is 2.25. The Hall–Kier alpha value is -0.703. The molecule has 0 aliphatic carbocycles. The van der Waals surface area contributed by atoms with Gasteiger partial charge in [-0.3, -0.25) is 4.89 Å². The Kier molecular flexibility index (Phi) is 10.0. The van der Waals surface area contributed by atoms with E-state index in [1.807, 2.05) is 0 Å². The van der Waals surface area contributed by atoms with Gasteiger partial charge in [0.2, 0.25) is 0 Å². The van der Waals surface area contributed by atoms with E-state index in [4.69, 9.17) is 0 Å². The van der Waals surface area contributed by atoms with Crippen LogP contribution in [0.4, 0.5) is 0 Å².